The minimum absolute atomic E-state index is 0.113. The molecule has 1 aromatic carbocycles. The van der Waals surface area contributed by atoms with E-state index in [0.29, 0.717) is 0 Å². The Bertz CT molecular complexity index is 557. The molecule has 1 aromatic heterocycles. The fourth-order valence-electron chi connectivity index (χ4n) is 1.46. The number of fused-ring (bicyclic) bond motifs is 1. The summed E-state index contributed by atoms with van der Waals surface area (Å²) in [4.78, 5) is 14.9. The summed E-state index contributed by atoms with van der Waals surface area (Å²) in [7, 11) is 0. The first-order valence-electron chi connectivity index (χ1n) is 4.38. The number of benzene rings is 1. The van der Waals surface area contributed by atoms with Crippen LogP contribution < -0.4 is 5.43 Å². The summed E-state index contributed by atoms with van der Waals surface area (Å²) in [6, 6.07) is 3.97. The van der Waals surface area contributed by atoms with E-state index in [2.05, 4.69) is 4.98 Å². The van der Waals surface area contributed by atoms with Crippen molar-refractivity contribution in [2.75, 3.05) is 0 Å². The lowest BCUT2D eigenvalue weighted by molar-refractivity contribution is 1.31. The van der Waals surface area contributed by atoms with Crippen molar-refractivity contribution in [2.24, 2.45) is 0 Å². The summed E-state index contributed by atoms with van der Waals surface area (Å²) in [5.41, 5.74) is 3.39. The minimum Gasteiger partial charge on any atom is -0.360 e. The van der Waals surface area contributed by atoms with Gasteiger partial charge in [-0.3, -0.25) is 4.79 Å². The zero-order valence-corrected chi connectivity index (χ0v) is 10.2. The number of aromatic amines is 1. The average molecular weight is 299 g/mol. The highest BCUT2D eigenvalue weighted by Gasteiger charge is 2.03. The second-order valence-electron chi connectivity index (χ2n) is 3.45. The standard InChI is InChI=1S/C11H10INO/c1-6-3-8-10(4-7(6)2)13-5-9(12)11(8)14/h3-5H,1-2H3,(H,13,14). The van der Waals surface area contributed by atoms with Gasteiger partial charge >= 0.3 is 0 Å². The van der Waals surface area contributed by atoms with Gasteiger partial charge in [0, 0.05) is 17.1 Å². The van der Waals surface area contributed by atoms with Crippen LogP contribution >= 0.6 is 22.6 Å². The fourth-order valence-corrected chi connectivity index (χ4v) is 1.91. The minimum atomic E-state index is 0.113. The summed E-state index contributed by atoms with van der Waals surface area (Å²) in [5.74, 6) is 0. The highest BCUT2D eigenvalue weighted by Crippen LogP contribution is 2.15. The van der Waals surface area contributed by atoms with Crippen LogP contribution in [0, 0.1) is 17.4 Å². The predicted octanol–water partition coefficient (Wildman–Crippen LogP) is 2.75. The van der Waals surface area contributed by atoms with Crippen LogP contribution in [-0.4, -0.2) is 4.98 Å². The molecule has 0 saturated carbocycles. The summed E-state index contributed by atoms with van der Waals surface area (Å²) in [6.07, 6.45) is 1.75. The maximum absolute atomic E-state index is 11.8. The van der Waals surface area contributed by atoms with E-state index in [9.17, 15) is 4.79 Å². The Morgan fingerprint density at radius 3 is 2.57 bits per heavy atom. The van der Waals surface area contributed by atoms with Crippen molar-refractivity contribution in [1.82, 2.24) is 4.98 Å². The lowest BCUT2D eigenvalue weighted by atomic mass is 10.1. The van der Waals surface area contributed by atoms with Gasteiger partial charge in [0.2, 0.25) is 5.43 Å². The molecule has 1 heterocycles. The number of aryl methyl sites for hydroxylation is 2. The smallest absolute Gasteiger partial charge is 0.202 e. The molecule has 0 unspecified atom stereocenters. The zero-order chi connectivity index (χ0) is 10.3. The van der Waals surface area contributed by atoms with E-state index in [1.807, 2.05) is 48.6 Å². The molecule has 0 aliphatic carbocycles. The van der Waals surface area contributed by atoms with Crippen molar-refractivity contribution >= 4 is 33.5 Å². The van der Waals surface area contributed by atoms with E-state index in [-0.39, 0.29) is 5.43 Å². The Labute approximate surface area is 95.5 Å². The molecule has 2 rings (SSSR count). The van der Waals surface area contributed by atoms with Gasteiger partial charge in [0.05, 0.1) is 3.57 Å². The van der Waals surface area contributed by atoms with Crippen LogP contribution in [0.5, 0.6) is 0 Å². The number of rotatable bonds is 0. The molecule has 0 spiro atoms. The number of hydrogen-bond acceptors (Lipinski definition) is 1. The van der Waals surface area contributed by atoms with Gasteiger partial charge in [0.1, 0.15) is 0 Å². The van der Waals surface area contributed by atoms with Crippen LogP contribution in [0.3, 0.4) is 0 Å². The van der Waals surface area contributed by atoms with E-state index in [1.165, 1.54) is 5.56 Å². The van der Waals surface area contributed by atoms with Crippen molar-refractivity contribution in [1.29, 1.82) is 0 Å². The van der Waals surface area contributed by atoms with Gasteiger partial charge in [0.15, 0.2) is 0 Å². The Hall–Kier alpha value is -0.840. The van der Waals surface area contributed by atoms with E-state index in [4.69, 9.17) is 0 Å². The molecule has 1 N–H and O–H groups in total. The maximum atomic E-state index is 11.8. The second kappa shape index (κ2) is 3.38. The first-order valence-corrected chi connectivity index (χ1v) is 5.45. The summed E-state index contributed by atoms with van der Waals surface area (Å²) in [5, 5.41) is 0.778. The molecule has 2 nitrogen and oxygen atoms in total. The second-order valence-corrected chi connectivity index (χ2v) is 4.61. The Balaban J connectivity index is 2.97. The number of nitrogens with one attached hydrogen (secondary N) is 1. The normalized spacial score (nSPS) is 10.8. The van der Waals surface area contributed by atoms with Crippen LogP contribution in [-0.2, 0) is 0 Å². The third-order valence-corrected chi connectivity index (χ3v) is 3.25. The molecule has 3 heteroatoms. The first kappa shape index (κ1) is 9.71. The van der Waals surface area contributed by atoms with Crippen LogP contribution in [0.4, 0.5) is 0 Å². The highest BCUT2D eigenvalue weighted by molar-refractivity contribution is 14.1. The van der Waals surface area contributed by atoms with Gasteiger partial charge in [-0.25, -0.2) is 0 Å². The molecular weight excluding hydrogens is 289 g/mol. The number of H-pyrrole nitrogens is 1. The molecule has 2 aromatic rings. The van der Waals surface area contributed by atoms with Crippen LogP contribution in [0.15, 0.2) is 23.1 Å². The number of hydrogen-bond donors (Lipinski definition) is 1. The molecule has 0 fully saturated rings. The Kier molecular flexibility index (Phi) is 2.34. The molecule has 0 radical (unpaired) electrons. The van der Waals surface area contributed by atoms with E-state index >= 15 is 0 Å². The zero-order valence-electron chi connectivity index (χ0n) is 8.02. The van der Waals surface area contributed by atoms with Crippen LogP contribution in [0.2, 0.25) is 0 Å². The quantitative estimate of drug-likeness (QED) is 0.746. The Morgan fingerprint density at radius 1 is 1.21 bits per heavy atom. The Morgan fingerprint density at radius 2 is 1.86 bits per heavy atom. The predicted molar refractivity (Wildman–Crippen MR) is 66.8 cm³/mol. The number of halogens is 1. The summed E-state index contributed by atoms with van der Waals surface area (Å²) < 4.78 is 0.735. The summed E-state index contributed by atoms with van der Waals surface area (Å²) in [6.45, 7) is 4.07. The molecule has 0 saturated heterocycles. The van der Waals surface area contributed by atoms with Crippen LogP contribution in [0.1, 0.15) is 11.1 Å². The van der Waals surface area contributed by atoms with Crippen molar-refractivity contribution in [3.05, 3.63) is 43.2 Å². The molecular formula is C11H10INO. The molecule has 0 amide bonds. The molecule has 0 bridgehead atoms. The average Bonchev–Trinajstić information content (AvgIpc) is 2.15. The van der Waals surface area contributed by atoms with Gasteiger partial charge in [-0.05, 0) is 59.7 Å². The van der Waals surface area contributed by atoms with E-state index in [1.54, 1.807) is 6.20 Å². The lowest BCUT2D eigenvalue weighted by Crippen LogP contribution is -2.06. The van der Waals surface area contributed by atoms with Gasteiger partial charge in [-0.1, -0.05) is 0 Å². The molecule has 14 heavy (non-hydrogen) atoms. The van der Waals surface area contributed by atoms with Crippen LogP contribution in [0.25, 0.3) is 10.9 Å². The van der Waals surface area contributed by atoms with Crippen molar-refractivity contribution in [3.63, 3.8) is 0 Å². The maximum Gasteiger partial charge on any atom is 0.202 e. The van der Waals surface area contributed by atoms with Crippen molar-refractivity contribution < 1.29 is 0 Å². The van der Waals surface area contributed by atoms with Crippen molar-refractivity contribution in [2.45, 2.75) is 13.8 Å². The monoisotopic (exact) mass is 299 g/mol. The fraction of sp³-hybridized carbons (Fsp3) is 0.182. The first-order chi connectivity index (χ1) is 6.59. The lowest BCUT2D eigenvalue weighted by Gasteiger charge is -2.03. The third kappa shape index (κ3) is 1.45. The molecule has 72 valence electrons. The largest absolute Gasteiger partial charge is 0.360 e. The van der Waals surface area contributed by atoms with Gasteiger partial charge in [-0.2, -0.15) is 0 Å². The number of pyridine rings is 1. The van der Waals surface area contributed by atoms with Gasteiger partial charge in [0.25, 0.3) is 0 Å². The summed E-state index contributed by atoms with van der Waals surface area (Å²) >= 11 is 2.05. The van der Waals surface area contributed by atoms with Gasteiger partial charge in [-0.15, -0.1) is 0 Å². The van der Waals surface area contributed by atoms with E-state index < -0.39 is 0 Å². The third-order valence-electron chi connectivity index (χ3n) is 2.45. The molecule has 0 aliphatic rings. The van der Waals surface area contributed by atoms with Gasteiger partial charge < -0.3 is 4.98 Å². The topological polar surface area (TPSA) is 32.9 Å². The molecule has 0 atom stereocenters. The number of aromatic nitrogens is 1. The highest BCUT2D eigenvalue weighted by atomic mass is 127. The SMILES string of the molecule is Cc1cc2[nH]cc(I)c(=O)c2cc1C. The van der Waals surface area contributed by atoms with Crippen molar-refractivity contribution in [3.8, 4) is 0 Å². The molecule has 0 aliphatic heterocycles. The van der Waals surface area contributed by atoms with E-state index in [0.717, 1.165) is 20.0 Å².